The van der Waals surface area contributed by atoms with Crippen LogP contribution in [0.4, 0.5) is 0 Å². The summed E-state index contributed by atoms with van der Waals surface area (Å²) in [4.78, 5) is 11.3. The second-order valence-electron chi connectivity index (χ2n) is 3.57. The number of hydrogen-bond donors (Lipinski definition) is 0. The summed E-state index contributed by atoms with van der Waals surface area (Å²) in [6, 6.07) is 7.25. The van der Waals surface area contributed by atoms with Crippen LogP contribution in [0.1, 0.15) is 23.7 Å². The standard InChI is InChI=1S/C12H14O3/c1-2-12(13)9-3-5-10(6-4-9)14-7-11-8-15-11/h3-6,11H,2,7-8H2,1H3. The molecule has 0 radical (unpaired) electrons. The van der Waals surface area contributed by atoms with Crippen molar-refractivity contribution in [1.82, 2.24) is 0 Å². The summed E-state index contributed by atoms with van der Waals surface area (Å²) in [6.45, 7) is 3.25. The number of rotatable bonds is 5. The first-order valence-electron chi connectivity index (χ1n) is 5.17. The third-order valence-corrected chi connectivity index (χ3v) is 2.34. The van der Waals surface area contributed by atoms with Crippen molar-refractivity contribution >= 4 is 5.78 Å². The first-order valence-corrected chi connectivity index (χ1v) is 5.17. The molecule has 1 unspecified atom stereocenters. The Bertz CT molecular complexity index is 338. The van der Waals surface area contributed by atoms with Crippen LogP contribution in [-0.4, -0.2) is 25.1 Å². The van der Waals surface area contributed by atoms with E-state index in [1.165, 1.54) is 0 Å². The third kappa shape index (κ3) is 2.80. The number of epoxide rings is 1. The van der Waals surface area contributed by atoms with Crippen LogP contribution in [0.3, 0.4) is 0 Å². The van der Waals surface area contributed by atoms with E-state index in [2.05, 4.69) is 0 Å². The number of carbonyl (C=O) groups excluding carboxylic acids is 1. The number of benzene rings is 1. The van der Waals surface area contributed by atoms with Crippen molar-refractivity contribution in [2.24, 2.45) is 0 Å². The quantitative estimate of drug-likeness (QED) is 0.546. The molecular weight excluding hydrogens is 192 g/mol. The fourth-order valence-electron chi connectivity index (χ4n) is 1.29. The normalized spacial score (nSPS) is 18.6. The minimum atomic E-state index is 0.159. The molecule has 1 aromatic carbocycles. The lowest BCUT2D eigenvalue weighted by Crippen LogP contribution is -2.04. The second-order valence-corrected chi connectivity index (χ2v) is 3.57. The van der Waals surface area contributed by atoms with Crippen LogP contribution in [0.15, 0.2) is 24.3 Å². The van der Waals surface area contributed by atoms with Gasteiger partial charge >= 0.3 is 0 Å². The molecule has 1 aliphatic rings. The molecule has 1 aromatic rings. The topological polar surface area (TPSA) is 38.8 Å². The van der Waals surface area contributed by atoms with Crippen molar-refractivity contribution in [3.8, 4) is 5.75 Å². The van der Waals surface area contributed by atoms with Gasteiger partial charge in [0.05, 0.1) is 6.61 Å². The predicted molar refractivity (Wildman–Crippen MR) is 56.3 cm³/mol. The number of hydrogen-bond acceptors (Lipinski definition) is 3. The molecule has 0 N–H and O–H groups in total. The zero-order chi connectivity index (χ0) is 10.7. The Labute approximate surface area is 89.0 Å². The summed E-state index contributed by atoms with van der Waals surface area (Å²) in [5.41, 5.74) is 0.743. The van der Waals surface area contributed by atoms with Gasteiger partial charge in [0.1, 0.15) is 18.5 Å². The average Bonchev–Trinajstić information content (AvgIpc) is 3.10. The second kappa shape index (κ2) is 4.45. The van der Waals surface area contributed by atoms with Gasteiger partial charge in [-0.25, -0.2) is 0 Å². The minimum absolute atomic E-state index is 0.159. The summed E-state index contributed by atoms with van der Waals surface area (Å²) in [7, 11) is 0. The molecular formula is C12H14O3. The fraction of sp³-hybridized carbons (Fsp3) is 0.417. The van der Waals surface area contributed by atoms with E-state index >= 15 is 0 Å². The molecule has 3 nitrogen and oxygen atoms in total. The average molecular weight is 206 g/mol. The van der Waals surface area contributed by atoms with Gasteiger partial charge in [-0.2, -0.15) is 0 Å². The number of carbonyl (C=O) groups is 1. The van der Waals surface area contributed by atoms with Crippen LogP contribution >= 0.6 is 0 Å². The smallest absolute Gasteiger partial charge is 0.162 e. The van der Waals surface area contributed by atoms with Crippen molar-refractivity contribution in [2.45, 2.75) is 19.4 Å². The number of ketones is 1. The van der Waals surface area contributed by atoms with Gasteiger partial charge in [0.25, 0.3) is 0 Å². The van der Waals surface area contributed by atoms with Gasteiger partial charge in [-0.05, 0) is 24.3 Å². The Morgan fingerprint density at radius 1 is 1.47 bits per heavy atom. The number of Topliss-reactive ketones (excluding diaryl/α,β-unsaturated/α-hetero) is 1. The molecule has 0 bridgehead atoms. The lowest BCUT2D eigenvalue weighted by atomic mass is 10.1. The van der Waals surface area contributed by atoms with Crippen LogP contribution in [0, 0.1) is 0 Å². The van der Waals surface area contributed by atoms with Gasteiger partial charge in [0.2, 0.25) is 0 Å². The predicted octanol–water partition coefficient (Wildman–Crippen LogP) is 2.06. The maximum absolute atomic E-state index is 11.3. The largest absolute Gasteiger partial charge is 0.491 e. The van der Waals surface area contributed by atoms with E-state index in [4.69, 9.17) is 9.47 Å². The first-order chi connectivity index (χ1) is 7.29. The van der Waals surface area contributed by atoms with Gasteiger partial charge in [0.15, 0.2) is 5.78 Å². The van der Waals surface area contributed by atoms with Gasteiger partial charge in [-0.3, -0.25) is 4.79 Å². The highest BCUT2D eigenvalue weighted by Gasteiger charge is 2.22. The van der Waals surface area contributed by atoms with E-state index in [1.54, 1.807) is 12.1 Å². The Morgan fingerprint density at radius 3 is 2.67 bits per heavy atom. The molecule has 0 aliphatic carbocycles. The molecule has 3 heteroatoms. The molecule has 1 saturated heterocycles. The summed E-state index contributed by atoms with van der Waals surface area (Å²) < 4.78 is 10.5. The molecule has 0 saturated carbocycles. The molecule has 1 heterocycles. The van der Waals surface area contributed by atoms with Crippen molar-refractivity contribution in [2.75, 3.05) is 13.2 Å². The molecule has 1 fully saturated rings. The molecule has 15 heavy (non-hydrogen) atoms. The Morgan fingerprint density at radius 2 is 2.13 bits per heavy atom. The van der Waals surface area contributed by atoms with E-state index in [1.807, 2.05) is 19.1 Å². The molecule has 0 aromatic heterocycles. The number of ether oxygens (including phenoxy) is 2. The van der Waals surface area contributed by atoms with Crippen LogP contribution in [0.5, 0.6) is 5.75 Å². The van der Waals surface area contributed by atoms with E-state index in [9.17, 15) is 4.79 Å². The van der Waals surface area contributed by atoms with Crippen molar-refractivity contribution < 1.29 is 14.3 Å². The van der Waals surface area contributed by atoms with Crippen molar-refractivity contribution in [3.05, 3.63) is 29.8 Å². The molecule has 80 valence electrons. The SMILES string of the molecule is CCC(=O)c1ccc(OCC2CO2)cc1. The van der Waals surface area contributed by atoms with E-state index in [0.717, 1.165) is 17.9 Å². The van der Waals surface area contributed by atoms with Crippen LogP contribution < -0.4 is 4.74 Å². The zero-order valence-corrected chi connectivity index (χ0v) is 8.73. The highest BCUT2D eigenvalue weighted by atomic mass is 16.6. The maximum Gasteiger partial charge on any atom is 0.162 e. The lowest BCUT2D eigenvalue weighted by molar-refractivity contribution is 0.0988. The van der Waals surface area contributed by atoms with Crippen molar-refractivity contribution in [3.63, 3.8) is 0 Å². The summed E-state index contributed by atoms with van der Waals surface area (Å²) >= 11 is 0. The lowest BCUT2D eigenvalue weighted by Gasteiger charge is -2.04. The monoisotopic (exact) mass is 206 g/mol. The summed E-state index contributed by atoms with van der Waals surface area (Å²) in [5, 5.41) is 0. The molecule has 0 spiro atoms. The molecule has 1 atom stereocenters. The third-order valence-electron chi connectivity index (χ3n) is 2.34. The van der Waals surface area contributed by atoms with Crippen molar-refractivity contribution in [1.29, 1.82) is 0 Å². The van der Waals surface area contributed by atoms with Gasteiger partial charge in [0, 0.05) is 12.0 Å². The zero-order valence-electron chi connectivity index (χ0n) is 8.73. The van der Waals surface area contributed by atoms with Gasteiger partial charge in [-0.1, -0.05) is 6.92 Å². The van der Waals surface area contributed by atoms with E-state index in [-0.39, 0.29) is 11.9 Å². The van der Waals surface area contributed by atoms with Crippen LogP contribution in [0.2, 0.25) is 0 Å². The summed E-state index contributed by atoms with van der Waals surface area (Å²) in [6.07, 6.45) is 0.804. The Kier molecular flexibility index (Phi) is 3.02. The maximum atomic E-state index is 11.3. The van der Waals surface area contributed by atoms with E-state index in [0.29, 0.717) is 13.0 Å². The highest BCUT2D eigenvalue weighted by Crippen LogP contribution is 2.16. The van der Waals surface area contributed by atoms with E-state index < -0.39 is 0 Å². The Hall–Kier alpha value is -1.35. The van der Waals surface area contributed by atoms with Crippen LogP contribution in [0.25, 0.3) is 0 Å². The van der Waals surface area contributed by atoms with Gasteiger partial charge in [-0.15, -0.1) is 0 Å². The molecule has 0 amide bonds. The first kappa shape index (κ1) is 10.2. The minimum Gasteiger partial charge on any atom is -0.491 e. The Balaban J connectivity index is 1.93. The molecule has 1 aliphatic heterocycles. The molecule has 2 rings (SSSR count). The van der Waals surface area contributed by atoms with Gasteiger partial charge < -0.3 is 9.47 Å². The summed E-state index contributed by atoms with van der Waals surface area (Å²) in [5.74, 6) is 0.949. The fourth-order valence-corrected chi connectivity index (χ4v) is 1.29. The highest BCUT2D eigenvalue weighted by molar-refractivity contribution is 5.95. The van der Waals surface area contributed by atoms with Crippen LogP contribution in [-0.2, 0) is 4.74 Å².